The Morgan fingerprint density at radius 1 is 1.64 bits per heavy atom. The van der Waals surface area contributed by atoms with E-state index in [9.17, 15) is 9.90 Å². The maximum Gasteiger partial charge on any atom is 0.317 e. The Hall–Kier alpha value is -0.810. The van der Waals surface area contributed by atoms with Crippen molar-refractivity contribution in [3.8, 4) is 0 Å². The first kappa shape index (κ1) is 11.3. The molecule has 0 aromatic heterocycles. The average molecular weight is 202 g/mol. The minimum absolute atomic E-state index is 0.168. The van der Waals surface area contributed by atoms with Crippen molar-refractivity contribution in [1.82, 2.24) is 10.2 Å². The van der Waals surface area contributed by atoms with Crippen molar-refractivity contribution in [2.75, 3.05) is 26.2 Å². The van der Waals surface area contributed by atoms with E-state index in [-0.39, 0.29) is 19.2 Å². The van der Waals surface area contributed by atoms with E-state index >= 15 is 0 Å². The van der Waals surface area contributed by atoms with Gasteiger partial charge in [-0.3, -0.25) is 0 Å². The van der Waals surface area contributed by atoms with Gasteiger partial charge >= 0.3 is 6.03 Å². The van der Waals surface area contributed by atoms with Gasteiger partial charge in [-0.15, -0.1) is 0 Å². The molecule has 2 amide bonds. The largest absolute Gasteiger partial charge is 0.393 e. The number of aliphatic hydroxyl groups excluding tert-OH is 1. The normalized spacial score (nSPS) is 27.5. The van der Waals surface area contributed by atoms with Crippen molar-refractivity contribution in [2.24, 2.45) is 0 Å². The van der Waals surface area contributed by atoms with Crippen LogP contribution in [0.3, 0.4) is 0 Å². The zero-order valence-electron chi connectivity index (χ0n) is 8.49. The number of hydrogen-bond donors (Lipinski definition) is 3. The minimum Gasteiger partial charge on any atom is -0.393 e. The van der Waals surface area contributed by atoms with Crippen molar-refractivity contribution in [3.63, 3.8) is 0 Å². The van der Waals surface area contributed by atoms with Crippen LogP contribution in [0.15, 0.2) is 0 Å². The first-order valence-electron chi connectivity index (χ1n) is 4.97. The Morgan fingerprint density at radius 2 is 2.36 bits per heavy atom. The molecule has 82 valence electrons. The standard InChI is InChI=1S/C9H18N2O3/c1-2-10-8(13)11-5-3-4-9(14,6-11)7-12/h12,14H,2-7H2,1H3,(H,10,13). The van der Waals surface area contributed by atoms with E-state index in [1.807, 2.05) is 6.92 Å². The van der Waals surface area contributed by atoms with E-state index in [0.29, 0.717) is 19.5 Å². The Bertz CT molecular complexity index is 210. The van der Waals surface area contributed by atoms with Gasteiger partial charge in [-0.2, -0.15) is 0 Å². The molecule has 1 saturated heterocycles. The van der Waals surface area contributed by atoms with E-state index in [2.05, 4.69) is 5.32 Å². The second-order valence-corrected chi connectivity index (χ2v) is 3.74. The van der Waals surface area contributed by atoms with Gasteiger partial charge in [0.1, 0.15) is 5.60 Å². The molecule has 0 aromatic rings. The van der Waals surface area contributed by atoms with Gasteiger partial charge in [-0.25, -0.2) is 4.79 Å². The summed E-state index contributed by atoms with van der Waals surface area (Å²) in [6.45, 7) is 3.00. The van der Waals surface area contributed by atoms with Crippen LogP contribution >= 0.6 is 0 Å². The molecule has 5 nitrogen and oxygen atoms in total. The summed E-state index contributed by atoms with van der Waals surface area (Å²) in [5.41, 5.74) is -1.11. The number of nitrogens with one attached hydrogen (secondary N) is 1. The van der Waals surface area contributed by atoms with Crippen molar-refractivity contribution < 1.29 is 15.0 Å². The third-order valence-electron chi connectivity index (χ3n) is 2.46. The van der Waals surface area contributed by atoms with Crippen LogP contribution in [0.4, 0.5) is 4.79 Å². The highest BCUT2D eigenvalue weighted by Gasteiger charge is 2.34. The molecule has 1 heterocycles. The van der Waals surface area contributed by atoms with Crippen LogP contribution in [-0.4, -0.2) is 53.0 Å². The van der Waals surface area contributed by atoms with Gasteiger partial charge < -0.3 is 20.4 Å². The zero-order valence-corrected chi connectivity index (χ0v) is 8.49. The Kier molecular flexibility index (Phi) is 3.71. The molecule has 1 atom stereocenters. The zero-order chi connectivity index (χ0) is 10.6. The minimum atomic E-state index is -1.11. The average Bonchev–Trinajstić information content (AvgIpc) is 2.18. The highest BCUT2D eigenvalue weighted by Crippen LogP contribution is 2.20. The highest BCUT2D eigenvalue weighted by molar-refractivity contribution is 5.74. The summed E-state index contributed by atoms with van der Waals surface area (Å²) >= 11 is 0. The first-order chi connectivity index (χ1) is 6.61. The van der Waals surface area contributed by atoms with Gasteiger partial charge in [0.25, 0.3) is 0 Å². The Balaban J connectivity index is 2.51. The summed E-state index contributed by atoms with van der Waals surface area (Å²) in [5.74, 6) is 0. The Morgan fingerprint density at radius 3 is 2.93 bits per heavy atom. The molecule has 3 N–H and O–H groups in total. The maximum atomic E-state index is 11.4. The summed E-state index contributed by atoms with van der Waals surface area (Å²) in [4.78, 5) is 13.0. The van der Waals surface area contributed by atoms with Crippen molar-refractivity contribution in [3.05, 3.63) is 0 Å². The molecule has 14 heavy (non-hydrogen) atoms. The molecule has 0 aliphatic carbocycles. The third-order valence-corrected chi connectivity index (χ3v) is 2.46. The Labute approximate surface area is 83.7 Å². The van der Waals surface area contributed by atoms with E-state index in [0.717, 1.165) is 6.42 Å². The van der Waals surface area contributed by atoms with Gasteiger partial charge in [0, 0.05) is 13.1 Å². The number of likely N-dealkylation sites (tertiary alicyclic amines) is 1. The SMILES string of the molecule is CCNC(=O)N1CCCC(O)(CO)C1. The van der Waals surface area contributed by atoms with Gasteiger partial charge in [0.15, 0.2) is 0 Å². The summed E-state index contributed by atoms with van der Waals surface area (Å²) < 4.78 is 0. The molecule has 1 unspecified atom stereocenters. The third kappa shape index (κ3) is 2.59. The molecule has 0 radical (unpaired) electrons. The lowest BCUT2D eigenvalue weighted by molar-refractivity contribution is -0.0568. The van der Waals surface area contributed by atoms with Gasteiger partial charge in [-0.1, -0.05) is 0 Å². The van der Waals surface area contributed by atoms with E-state index in [1.165, 1.54) is 0 Å². The predicted octanol–water partition coefficient (Wildman–Crippen LogP) is -0.465. The van der Waals surface area contributed by atoms with Crippen molar-refractivity contribution in [1.29, 1.82) is 0 Å². The lowest BCUT2D eigenvalue weighted by Gasteiger charge is -2.37. The first-order valence-corrected chi connectivity index (χ1v) is 4.97. The number of piperidine rings is 1. The molecule has 5 heteroatoms. The van der Waals surface area contributed by atoms with E-state index in [1.54, 1.807) is 4.90 Å². The highest BCUT2D eigenvalue weighted by atomic mass is 16.3. The van der Waals surface area contributed by atoms with Crippen LogP contribution in [0.5, 0.6) is 0 Å². The molecular formula is C9H18N2O3. The van der Waals surface area contributed by atoms with Gasteiger partial charge in [0.05, 0.1) is 13.2 Å². The maximum absolute atomic E-state index is 11.4. The topological polar surface area (TPSA) is 72.8 Å². The van der Waals surface area contributed by atoms with Crippen LogP contribution in [-0.2, 0) is 0 Å². The molecule has 0 aromatic carbocycles. The lowest BCUT2D eigenvalue weighted by atomic mass is 9.94. The number of rotatable bonds is 2. The summed E-state index contributed by atoms with van der Waals surface area (Å²) in [6.07, 6.45) is 1.29. The number of aliphatic hydroxyl groups is 2. The summed E-state index contributed by atoms with van der Waals surface area (Å²) in [6, 6.07) is -0.168. The lowest BCUT2D eigenvalue weighted by Crippen LogP contribution is -2.54. The fraction of sp³-hybridized carbons (Fsp3) is 0.889. The number of carbonyl (C=O) groups excluding carboxylic acids is 1. The number of hydrogen-bond acceptors (Lipinski definition) is 3. The van der Waals surface area contributed by atoms with Gasteiger partial charge in [0.2, 0.25) is 0 Å². The number of urea groups is 1. The van der Waals surface area contributed by atoms with Gasteiger partial charge in [-0.05, 0) is 19.8 Å². The monoisotopic (exact) mass is 202 g/mol. The molecule has 1 fully saturated rings. The van der Waals surface area contributed by atoms with Crippen LogP contribution in [0.1, 0.15) is 19.8 Å². The fourth-order valence-corrected chi connectivity index (χ4v) is 1.68. The molecule has 0 bridgehead atoms. The second kappa shape index (κ2) is 4.61. The molecule has 0 saturated carbocycles. The summed E-state index contributed by atoms with van der Waals surface area (Å²) in [7, 11) is 0. The van der Waals surface area contributed by atoms with Crippen LogP contribution < -0.4 is 5.32 Å². The number of amides is 2. The summed E-state index contributed by atoms with van der Waals surface area (Å²) in [5, 5.41) is 21.4. The molecule has 1 rings (SSSR count). The van der Waals surface area contributed by atoms with Crippen molar-refractivity contribution in [2.45, 2.75) is 25.4 Å². The second-order valence-electron chi connectivity index (χ2n) is 3.74. The number of carbonyl (C=O) groups is 1. The molecular weight excluding hydrogens is 184 g/mol. The fourth-order valence-electron chi connectivity index (χ4n) is 1.68. The molecule has 0 spiro atoms. The van der Waals surface area contributed by atoms with Crippen molar-refractivity contribution >= 4 is 6.03 Å². The quantitative estimate of drug-likeness (QED) is 0.567. The van der Waals surface area contributed by atoms with Crippen LogP contribution in [0.25, 0.3) is 0 Å². The van der Waals surface area contributed by atoms with E-state index in [4.69, 9.17) is 5.11 Å². The number of nitrogens with zero attached hydrogens (tertiary/aromatic N) is 1. The predicted molar refractivity (Wildman–Crippen MR) is 51.9 cm³/mol. The van der Waals surface area contributed by atoms with Crippen LogP contribution in [0.2, 0.25) is 0 Å². The number of β-amino-alcohol motifs (C(OH)–C–C–N with tert-alkyl or cyclic N) is 1. The van der Waals surface area contributed by atoms with E-state index < -0.39 is 5.60 Å². The van der Waals surface area contributed by atoms with Crippen LogP contribution in [0, 0.1) is 0 Å². The molecule has 1 aliphatic heterocycles. The molecule has 1 aliphatic rings. The smallest absolute Gasteiger partial charge is 0.317 e.